The fourth-order valence-electron chi connectivity index (χ4n) is 2.24. The van der Waals surface area contributed by atoms with Crippen LogP contribution in [0.3, 0.4) is 0 Å². The van der Waals surface area contributed by atoms with E-state index in [1.165, 1.54) is 11.3 Å². The standard InChI is InChI=1S/C17H17N3O3S/c1-4-22-14-8-6-5-7-12(14)17(21)19-13-9-15(24-10(13)2)16-18-11(3)23-20-16/h5-9H,4H2,1-3H3,(H,19,21). The van der Waals surface area contributed by atoms with Crippen molar-refractivity contribution in [2.24, 2.45) is 0 Å². The van der Waals surface area contributed by atoms with E-state index in [9.17, 15) is 4.79 Å². The summed E-state index contributed by atoms with van der Waals surface area (Å²) in [5.74, 6) is 1.39. The number of benzene rings is 1. The van der Waals surface area contributed by atoms with Crippen molar-refractivity contribution in [3.8, 4) is 16.5 Å². The number of anilines is 1. The normalized spacial score (nSPS) is 10.6. The maximum absolute atomic E-state index is 12.6. The van der Waals surface area contributed by atoms with Gasteiger partial charge < -0.3 is 14.6 Å². The molecule has 6 nitrogen and oxygen atoms in total. The van der Waals surface area contributed by atoms with Gasteiger partial charge in [-0.1, -0.05) is 17.3 Å². The van der Waals surface area contributed by atoms with Gasteiger partial charge in [0.15, 0.2) is 0 Å². The van der Waals surface area contributed by atoms with Crippen LogP contribution in [0.1, 0.15) is 28.0 Å². The Bertz CT molecular complexity index is 870. The molecule has 2 aromatic heterocycles. The molecule has 0 saturated carbocycles. The van der Waals surface area contributed by atoms with Crippen LogP contribution in [0, 0.1) is 13.8 Å². The monoisotopic (exact) mass is 343 g/mol. The molecule has 1 aromatic carbocycles. The van der Waals surface area contributed by atoms with Gasteiger partial charge in [0, 0.05) is 11.8 Å². The number of rotatable bonds is 5. The van der Waals surface area contributed by atoms with E-state index in [0.717, 1.165) is 15.4 Å². The average molecular weight is 343 g/mol. The zero-order valence-corrected chi connectivity index (χ0v) is 14.4. The van der Waals surface area contributed by atoms with Crippen LogP contribution in [0.5, 0.6) is 5.75 Å². The van der Waals surface area contributed by atoms with E-state index in [2.05, 4.69) is 15.5 Å². The summed E-state index contributed by atoms with van der Waals surface area (Å²) in [6.45, 7) is 6.06. The van der Waals surface area contributed by atoms with Crippen molar-refractivity contribution in [3.63, 3.8) is 0 Å². The lowest BCUT2D eigenvalue weighted by Gasteiger charge is -2.10. The highest BCUT2D eigenvalue weighted by Gasteiger charge is 2.16. The molecule has 0 aliphatic heterocycles. The molecule has 0 aliphatic carbocycles. The number of nitrogens with one attached hydrogen (secondary N) is 1. The molecule has 0 unspecified atom stereocenters. The quantitative estimate of drug-likeness (QED) is 0.756. The van der Waals surface area contributed by atoms with Crippen LogP contribution in [0.15, 0.2) is 34.9 Å². The zero-order valence-electron chi connectivity index (χ0n) is 13.6. The lowest BCUT2D eigenvalue weighted by Crippen LogP contribution is -2.13. The summed E-state index contributed by atoms with van der Waals surface area (Å²) in [4.78, 5) is 18.6. The van der Waals surface area contributed by atoms with Gasteiger partial charge in [-0.3, -0.25) is 4.79 Å². The van der Waals surface area contributed by atoms with Gasteiger partial charge in [0.1, 0.15) is 5.75 Å². The molecule has 124 valence electrons. The third-order valence-electron chi connectivity index (χ3n) is 3.35. The lowest BCUT2D eigenvalue weighted by atomic mass is 10.2. The van der Waals surface area contributed by atoms with E-state index < -0.39 is 0 Å². The highest BCUT2D eigenvalue weighted by atomic mass is 32.1. The van der Waals surface area contributed by atoms with E-state index >= 15 is 0 Å². The molecule has 24 heavy (non-hydrogen) atoms. The van der Waals surface area contributed by atoms with Gasteiger partial charge in [-0.2, -0.15) is 4.98 Å². The number of carbonyl (C=O) groups excluding carboxylic acids is 1. The molecule has 0 saturated heterocycles. The van der Waals surface area contributed by atoms with E-state index in [0.29, 0.717) is 29.6 Å². The Morgan fingerprint density at radius 2 is 2.12 bits per heavy atom. The first-order chi connectivity index (χ1) is 11.6. The Morgan fingerprint density at radius 1 is 1.33 bits per heavy atom. The maximum Gasteiger partial charge on any atom is 0.259 e. The van der Waals surface area contributed by atoms with Gasteiger partial charge in [-0.15, -0.1) is 11.3 Å². The van der Waals surface area contributed by atoms with E-state index in [4.69, 9.17) is 9.26 Å². The summed E-state index contributed by atoms with van der Waals surface area (Å²) in [5.41, 5.74) is 1.23. The van der Waals surface area contributed by atoms with Crippen LogP contribution in [0.25, 0.3) is 10.7 Å². The van der Waals surface area contributed by atoms with Crippen LogP contribution >= 0.6 is 11.3 Å². The van der Waals surface area contributed by atoms with Crippen molar-refractivity contribution in [2.45, 2.75) is 20.8 Å². The Morgan fingerprint density at radius 3 is 2.83 bits per heavy atom. The smallest absolute Gasteiger partial charge is 0.259 e. The molecule has 7 heteroatoms. The number of thiophene rings is 1. The number of aromatic nitrogens is 2. The molecule has 1 amide bonds. The number of nitrogens with zero attached hydrogens (tertiary/aromatic N) is 2. The van der Waals surface area contributed by atoms with E-state index in [1.807, 2.05) is 32.0 Å². The third kappa shape index (κ3) is 3.30. The summed E-state index contributed by atoms with van der Waals surface area (Å²) in [5, 5.41) is 6.84. The summed E-state index contributed by atoms with van der Waals surface area (Å²) < 4.78 is 10.5. The van der Waals surface area contributed by atoms with Crippen LogP contribution < -0.4 is 10.1 Å². The molecule has 3 rings (SSSR count). The highest BCUT2D eigenvalue weighted by Crippen LogP contribution is 2.33. The molecule has 0 radical (unpaired) electrons. The number of amides is 1. The predicted octanol–water partition coefficient (Wildman–Crippen LogP) is 4.07. The number of ether oxygens (including phenoxy) is 1. The largest absolute Gasteiger partial charge is 0.493 e. The summed E-state index contributed by atoms with van der Waals surface area (Å²) >= 11 is 1.50. The van der Waals surface area contributed by atoms with Crippen LogP contribution in [-0.2, 0) is 0 Å². The second-order valence-corrected chi connectivity index (χ2v) is 6.36. The lowest BCUT2D eigenvalue weighted by molar-refractivity contribution is 0.102. The molecular formula is C17H17N3O3S. The molecule has 3 aromatic rings. The van der Waals surface area contributed by atoms with Gasteiger partial charge in [-0.05, 0) is 32.0 Å². The Labute approximate surface area is 143 Å². The minimum Gasteiger partial charge on any atom is -0.493 e. The molecule has 0 bridgehead atoms. The van der Waals surface area contributed by atoms with Crippen LogP contribution in [-0.4, -0.2) is 22.7 Å². The van der Waals surface area contributed by atoms with Gasteiger partial charge in [0.05, 0.1) is 22.7 Å². The second-order valence-electron chi connectivity index (χ2n) is 5.10. The fourth-order valence-corrected chi connectivity index (χ4v) is 3.14. The molecule has 2 heterocycles. The number of hydrogen-bond donors (Lipinski definition) is 1. The van der Waals surface area contributed by atoms with Crippen molar-refractivity contribution in [1.82, 2.24) is 10.1 Å². The third-order valence-corrected chi connectivity index (χ3v) is 4.39. The molecule has 0 fully saturated rings. The van der Waals surface area contributed by atoms with Gasteiger partial charge >= 0.3 is 0 Å². The first kappa shape index (κ1) is 16.2. The number of aryl methyl sites for hydroxylation is 2. The van der Waals surface area contributed by atoms with Crippen LogP contribution in [0.2, 0.25) is 0 Å². The second kappa shape index (κ2) is 6.84. The van der Waals surface area contributed by atoms with Gasteiger partial charge in [0.25, 0.3) is 5.91 Å². The number of carbonyl (C=O) groups is 1. The van der Waals surface area contributed by atoms with Gasteiger partial charge in [-0.25, -0.2) is 0 Å². The summed E-state index contributed by atoms with van der Waals surface area (Å²) in [6, 6.07) is 9.03. The topological polar surface area (TPSA) is 77.2 Å². The van der Waals surface area contributed by atoms with Crippen molar-refractivity contribution in [1.29, 1.82) is 0 Å². The average Bonchev–Trinajstić information content (AvgIpc) is 3.15. The Kier molecular flexibility index (Phi) is 4.61. The van der Waals surface area contributed by atoms with E-state index in [1.54, 1.807) is 19.1 Å². The molecule has 0 atom stereocenters. The number of hydrogen-bond acceptors (Lipinski definition) is 6. The first-order valence-corrected chi connectivity index (χ1v) is 8.34. The SMILES string of the molecule is CCOc1ccccc1C(=O)Nc1cc(-c2noc(C)n2)sc1C. The fraction of sp³-hybridized carbons (Fsp3) is 0.235. The minimum absolute atomic E-state index is 0.212. The Hall–Kier alpha value is -2.67. The minimum atomic E-state index is -0.212. The molecule has 1 N–H and O–H groups in total. The first-order valence-electron chi connectivity index (χ1n) is 7.52. The highest BCUT2D eigenvalue weighted by molar-refractivity contribution is 7.16. The predicted molar refractivity (Wildman–Crippen MR) is 92.6 cm³/mol. The van der Waals surface area contributed by atoms with Gasteiger partial charge in [0.2, 0.25) is 11.7 Å². The Balaban J connectivity index is 1.84. The molecule has 0 spiro atoms. The zero-order chi connectivity index (χ0) is 17.1. The van der Waals surface area contributed by atoms with Crippen LogP contribution in [0.4, 0.5) is 5.69 Å². The molecule has 0 aliphatic rings. The summed E-state index contributed by atoms with van der Waals surface area (Å²) in [7, 11) is 0. The van der Waals surface area contributed by atoms with E-state index in [-0.39, 0.29) is 5.91 Å². The maximum atomic E-state index is 12.6. The number of para-hydroxylation sites is 1. The van der Waals surface area contributed by atoms with Crippen molar-refractivity contribution < 1.29 is 14.1 Å². The molecular weight excluding hydrogens is 326 g/mol. The summed E-state index contributed by atoms with van der Waals surface area (Å²) in [6.07, 6.45) is 0. The van der Waals surface area contributed by atoms with Crippen molar-refractivity contribution in [3.05, 3.63) is 46.7 Å². The van der Waals surface area contributed by atoms with Crippen molar-refractivity contribution >= 4 is 22.9 Å². The van der Waals surface area contributed by atoms with Crippen molar-refractivity contribution in [2.75, 3.05) is 11.9 Å².